The molecule has 7 nitrogen and oxygen atoms in total. The summed E-state index contributed by atoms with van der Waals surface area (Å²) < 4.78 is 18.1. The van der Waals surface area contributed by atoms with E-state index in [1.165, 1.54) is 25.9 Å². The molecule has 1 saturated heterocycles. The smallest absolute Gasteiger partial charge is 0.262 e. The van der Waals surface area contributed by atoms with Gasteiger partial charge in [-0.15, -0.1) is 0 Å². The molecule has 0 bridgehead atoms. The van der Waals surface area contributed by atoms with Crippen LogP contribution in [0.4, 0.5) is 0 Å². The highest BCUT2D eigenvalue weighted by atomic mass is 127. The first kappa shape index (κ1) is 32.5. The fourth-order valence-corrected chi connectivity index (χ4v) is 6.62. The Balaban J connectivity index is 0.00000189. The third-order valence-corrected chi connectivity index (χ3v) is 8.59. The van der Waals surface area contributed by atoms with Crippen molar-refractivity contribution in [2.24, 2.45) is 0 Å². The van der Waals surface area contributed by atoms with Crippen LogP contribution >= 0.6 is 60.8 Å². The predicted octanol–water partition coefficient (Wildman–Crippen LogP) is 7.92. The van der Waals surface area contributed by atoms with E-state index in [9.17, 15) is 4.79 Å². The summed E-state index contributed by atoms with van der Waals surface area (Å²) in [6, 6.07) is 18.3. The van der Waals surface area contributed by atoms with E-state index in [2.05, 4.69) is 70.8 Å². The molecule has 11 heteroatoms. The molecule has 5 rings (SSSR count). The largest absolute Gasteiger partial charge is 0.487 e. The lowest BCUT2D eigenvalue weighted by Crippen LogP contribution is -2.42. The molecule has 0 saturated carbocycles. The van der Waals surface area contributed by atoms with Gasteiger partial charge in [0.05, 0.1) is 0 Å². The van der Waals surface area contributed by atoms with Gasteiger partial charge in [0.2, 0.25) is 0 Å². The molecule has 0 spiro atoms. The number of nitrogens with zero attached hydrogens (tertiary/aromatic N) is 2. The standard InChI is InChI=1S/C28H29I2N3O4S2.C2H6/c1-19-24(36-38-29)14-25(37-39-30)26(27(19)35-18-20-5-3-2-4-6-20)28(34)33-16-22-8-7-21(13-23(22)17-33)15-32-11-9-31-10-12-32;1-2/h2-8,13-14,31H,9-12,15-18H2,1H3;1-2H3. The van der Waals surface area contributed by atoms with Crippen molar-refractivity contribution < 1.29 is 17.9 Å². The Hall–Kier alpha value is -1.39. The highest BCUT2D eigenvalue weighted by molar-refractivity contribution is 14.2. The van der Waals surface area contributed by atoms with Crippen molar-refractivity contribution in [1.82, 2.24) is 15.1 Å². The van der Waals surface area contributed by atoms with Crippen molar-refractivity contribution in [3.05, 3.63) is 88.0 Å². The molecule has 220 valence electrons. The van der Waals surface area contributed by atoms with Gasteiger partial charge in [-0.2, -0.15) is 0 Å². The van der Waals surface area contributed by atoms with Gasteiger partial charge in [-0.25, -0.2) is 0 Å². The number of fused-ring (bicyclic) bond motifs is 1. The van der Waals surface area contributed by atoms with E-state index in [0.29, 0.717) is 42.5 Å². The average molecular weight is 820 g/mol. The van der Waals surface area contributed by atoms with Crippen LogP contribution in [0.5, 0.6) is 17.2 Å². The monoisotopic (exact) mass is 819 g/mol. The molecular weight excluding hydrogens is 784 g/mol. The normalized spacial score (nSPS) is 14.6. The Morgan fingerprint density at radius 1 is 0.902 bits per heavy atom. The van der Waals surface area contributed by atoms with Gasteiger partial charge in [0.15, 0.2) is 5.75 Å². The lowest BCUT2D eigenvalue weighted by atomic mass is 10.1. The molecule has 1 fully saturated rings. The first-order chi connectivity index (χ1) is 20.1. The fraction of sp³-hybridized carbons (Fsp3) is 0.367. The number of piperazine rings is 1. The number of carbonyl (C=O) groups is 1. The van der Waals surface area contributed by atoms with Crippen LogP contribution < -0.4 is 18.4 Å². The second-order valence-electron chi connectivity index (χ2n) is 9.56. The van der Waals surface area contributed by atoms with E-state index < -0.39 is 0 Å². The minimum absolute atomic E-state index is 0.116. The first-order valence-corrected chi connectivity index (χ1v) is 20.2. The molecule has 41 heavy (non-hydrogen) atoms. The van der Waals surface area contributed by atoms with E-state index in [1.807, 2.05) is 56.0 Å². The van der Waals surface area contributed by atoms with Crippen molar-refractivity contribution in [1.29, 1.82) is 0 Å². The molecule has 3 aromatic carbocycles. The predicted molar refractivity (Wildman–Crippen MR) is 186 cm³/mol. The topological polar surface area (TPSA) is 63.3 Å². The van der Waals surface area contributed by atoms with Gasteiger partial charge in [-0.3, -0.25) is 9.69 Å². The van der Waals surface area contributed by atoms with Gasteiger partial charge in [0, 0.05) is 99.9 Å². The lowest BCUT2D eigenvalue weighted by molar-refractivity contribution is 0.0744. The summed E-state index contributed by atoms with van der Waals surface area (Å²) in [5.74, 6) is 1.42. The fourth-order valence-electron chi connectivity index (χ4n) is 5.02. The number of nitrogens with one attached hydrogen (secondary N) is 1. The van der Waals surface area contributed by atoms with Gasteiger partial charge in [0.1, 0.15) is 42.1 Å². The van der Waals surface area contributed by atoms with Crippen molar-refractivity contribution in [3.8, 4) is 17.2 Å². The molecule has 3 aromatic rings. The van der Waals surface area contributed by atoms with E-state index in [1.54, 1.807) is 6.07 Å². The third kappa shape index (κ3) is 8.37. The average Bonchev–Trinajstić information content (AvgIpc) is 3.43. The molecule has 0 aromatic heterocycles. The Kier molecular flexibility index (Phi) is 13.1. The molecule has 0 radical (unpaired) electrons. The van der Waals surface area contributed by atoms with E-state index in [-0.39, 0.29) is 5.91 Å². The van der Waals surface area contributed by atoms with Crippen LogP contribution in [0.15, 0.2) is 54.6 Å². The second kappa shape index (κ2) is 16.5. The summed E-state index contributed by atoms with van der Waals surface area (Å²) in [6.07, 6.45) is 0. The van der Waals surface area contributed by atoms with Crippen molar-refractivity contribution >= 4 is 66.7 Å². The minimum Gasteiger partial charge on any atom is -0.487 e. The molecule has 0 atom stereocenters. The third-order valence-electron chi connectivity index (χ3n) is 7.02. The molecule has 0 unspecified atom stereocenters. The summed E-state index contributed by atoms with van der Waals surface area (Å²) >= 11 is 4.14. The van der Waals surface area contributed by atoms with Crippen LogP contribution in [0.3, 0.4) is 0 Å². The SMILES string of the molecule is CC.Cc1c(OSI)cc(OSI)c(C(=O)N2Cc3ccc(CN4CCNCC4)cc3C2)c1OCc1ccccc1. The molecule has 2 heterocycles. The molecule has 0 aliphatic carbocycles. The summed E-state index contributed by atoms with van der Waals surface area (Å²) in [7, 11) is 2.37. The van der Waals surface area contributed by atoms with Gasteiger partial charge >= 0.3 is 0 Å². The summed E-state index contributed by atoms with van der Waals surface area (Å²) in [5, 5.41) is 3.41. The van der Waals surface area contributed by atoms with Crippen LogP contribution in [0, 0.1) is 6.92 Å². The number of amides is 1. The van der Waals surface area contributed by atoms with E-state index in [4.69, 9.17) is 13.1 Å². The number of ether oxygens (including phenoxy) is 1. The lowest BCUT2D eigenvalue weighted by Gasteiger charge is -2.27. The zero-order chi connectivity index (χ0) is 29.2. The first-order valence-electron chi connectivity index (χ1n) is 13.6. The molecular formula is C30H35I2N3O4S2. The Labute approximate surface area is 276 Å². The number of hydrogen-bond donors (Lipinski definition) is 1. The summed E-state index contributed by atoms with van der Waals surface area (Å²) in [5.41, 5.74) is 5.87. The molecule has 1 amide bonds. The number of carbonyl (C=O) groups excluding carboxylic acids is 1. The van der Waals surface area contributed by atoms with E-state index in [0.717, 1.165) is 53.1 Å². The van der Waals surface area contributed by atoms with Crippen molar-refractivity contribution in [3.63, 3.8) is 0 Å². The van der Waals surface area contributed by atoms with Crippen molar-refractivity contribution in [2.75, 3.05) is 26.2 Å². The molecule has 2 aliphatic rings. The highest BCUT2D eigenvalue weighted by Crippen LogP contribution is 2.44. The Morgan fingerprint density at radius 3 is 2.29 bits per heavy atom. The zero-order valence-corrected chi connectivity index (χ0v) is 29.4. The Bertz CT molecular complexity index is 1310. The van der Waals surface area contributed by atoms with Gasteiger partial charge < -0.3 is 23.3 Å². The van der Waals surface area contributed by atoms with E-state index >= 15 is 0 Å². The summed E-state index contributed by atoms with van der Waals surface area (Å²) in [4.78, 5) is 18.5. The number of hydrogen-bond acceptors (Lipinski definition) is 8. The number of halogens is 2. The van der Waals surface area contributed by atoms with Crippen LogP contribution in [-0.4, -0.2) is 41.9 Å². The highest BCUT2D eigenvalue weighted by Gasteiger charge is 2.32. The van der Waals surface area contributed by atoms with Crippen LogP contribution in [0.25, 0.3) is 0 Å². The maximum absolute atomic E-state index is 14.2. The van der Waals surface area contributed by atoms with Crippen molar-refractivity contribution in [2.45, 2.75) is 47.0 Å². The second-order valence-corrected chi connectivity index (χ2v) is 12.3. The number of benzene rings is 3. The van der Waals surface area contributed by atoms with Crippen LogP contribution in [-0.2, 0) is 26.2 Å². The van der Waals surface area contributed by atoms with Gasteiger partial charge in [-0.05, 0) is 29.2 Å². The van der Waals surface area contributed by atoms with Crippen LogP contribution in [0.1, 0.15) is 52.0 Å². The quantitative estimate of drug-likeness (QED) is 0.164. The van der Waals surface area contributed by atoms with Gasteiger partial charge in [0.25, 0.3) is 5.91 Å². The van der Waals surface area contributed by atoms with Crippen LogP contribution in [0.2, 0.25) is 0 Å². The molecule has 1 N–H and O–H groups in total. The minimum atomic E-state index is -0.116. The maximum atomic E-state index is 14.2. The van der Waals surface area contributed by atoms with Gasteiger partial charge in [-0.1, -0.05) is 62.4 Å². The Morgan fingerprint density at radius 2 is 1.59 bits per heavy atom. The zero-order valence-electron chi connectivity index (χ0n) is 23.5. The molecule has 2 aliphatic heterocycles. The summed E-state index contributed by atoms with van der Waals surface area (Å²) in [6.45, 7) is 12.5. The maximum Gasteiger partial charge on any atom is 0.262 e. The number of rotatable bonds is 10.